The summed E-state index contributed by atoms with van der Waals surface area (Å²) >= 11 is 12.0. The van der Waals surface area contributed by atoms with Gasteiger partial charge >= 0.3 is 0 Å². The van der Waals surface area contributed by atoms with Crippen molar-refractivity contribution < 1.29 is 9.53 Å². The molecule has 5 nitrogen and oxygen atoms in total. The van der Waals surface area contributed by atoms with Crippen LogP contribution in [0.4, 0.5) is 11.5 Å². The molecule has 1 aromatic heterocycles. The second-order valence-corrected chi connectivity index (χ2v) is 5.85. The number of ether oxygens (including phenoxy) is 1. The van der Waals surface area contributed by atoms with Crippen LogP contribution < -0.4 is 10.2 Å². The van der Waals surface area contributed by atoms with Crippen molar-refractivity contribution in [2.24, 2.45) is 0 Å². The van der Waals surface area contributed by atoms with Crippen molar-refractivity contribution in [3.63, 3.8) is 0 Å². The highest BCUT2D eigenvalue weighted by Gasteiger charge is 2.14. The van der Waals surface area contributed by atoms with Gasteiger partial charge in [-0.1, -0.05) is 29.3 Å². The first-order chi connectivity index (χ1) is 11.1. The summed E-state index contributed by atoms with van der Waals surface area (Å²) < 4.78 is 5.31. The summed E-state index contributed by atoms with van der Waals surface area (Å²) in [4.78, 5) is 18.8. The smallest absolute Gasteiger partial charge is 0.257 e. The van der Waals surface area contributed by atoms with Gasteiger partial charge in [0.1, 0.15) is 5.82 Å². The standard InChI is InChI=1S/C16H15Cl2N3O2/c17-12-2-1-3-13(15(12)18)20-16(22)11-4-5-14(19-10-11)21-6-8-23-9-7-21/h1-5,10H,6-9H2,(H,20,22). The lowest BCUT2D eigenvalue weighted by atomic mass is 10.2. The van der Waals surface area contributed by atoms with E-state index in [9.17, 15) is 4.79 Å². The molecule has 0 bridgehead atoms. The van der Waals surface area contributed by atoms with E-state index in [1.807, 2.05) is 6.07 Å². The predicted octanol–water partition coefficient (Wildman–Crippen LogP) is 3.48. The number of nitrogens with one attached hydrogen (secondary N) is 1. The predicted molar refractivity (Wildman–Crippen MR) is 91.7 cm³/mol. The molecule has 1 N–H and O–H groups in total. The fourth-order valence-corrected chi connectivity index (χ4v) is 2.64. The molecule has 0 radical (unpaired) electrons. The highest BCUT2D eigenvalue weighted by Crippen LogP contribution is 2.29. The quantitative estimate of drug-likeness (QED) is 0.919. The van der Waals surface area contributed by atoms with E-state index >= 15 is 0 Å². The van der Waals surface area contributed by atoms with E-state index in [1.165, 1.54) is 0 Å². The number of rotatable bonds is 3. The van der Waals surface area contributed by atoms with Crippen LogP contribution in [0.25, 0.3) is 0 Å². The normalized spacial score (nSPS) is 14.6. The third kappa shape index (κ3) is 3.75. The largest absolute Gasteiger partial charge is 0.378 e. The molecule has 3 rings (SSSR count). The summed E-state index contributed by atoms with van der Waals surface area (Å²) in [6.07, 6.45) is 1.55. The van der Waals surface area contributed by atoms with Crippen LogP contribution in [-0.4, -0.2) is 37.2 Å². The van der Waals surface area contributed by atoms with E-state index in [-0.39, 0.29) is 5.91 Å². The first kappa shape index (κ1) is 16.1. The number of hydrogen-bond donors (Lipinski definition) is 1. The van der Waals surface area contributed by atoms with Gasteiger partial charge in [0.25, 0.3) is 5.91 Å². The molecular weight excluding hydrogens is 337 g/mol. The number of benzene rings is 1. The van der Waals surface area contributed by atoms with Gasteiger partial charge in [-0.05, 0) is 24.3 Å². The van der Waals surface area contributed by atoms with Gasteiger partial charge in [-0.3, -0.25) is 4.79 Å². The van der Waals surface area contributed by atoms with Gasteiger partial charge in [0, 0.05) is 19.3 Å². The maximum atomic E-state index is 12.3. The van der Waals surface area contributed by atoms with E-state index in [4.69, 9.17) is 27.9 Å². The highest BCUT2D eigenvalue weighted by atomic mass is 35.5. The van der Waals surface area contributed by atoms with Crippen molar-refractivity contribution in [2.45, 2.75) is 0 Å². The van der Waals surface area contributed by atoms with Crippen molar-refractivity contribution in [3.05, 3.63) is 52.1 Å². The number of aromatic nitrogens is 1. The third-order valence-electron chi connectivity index (χ3n) is 3.54. The van der Waals surface area contributed by atoms with E-state index in [0.29, 0.717) is 34.5 Å². The molecule has 1 aliphatic heterocycles. The van der Waals surface area contributed by atoms with Crippen LogP contribution >= 0.6 is 23.2 Å². The first-order valence-corrected chi connectivity index (χ1v) is 7.95. The lowest BCUT2D eigenvalue weighted by Crippen LogP contribution is -2.36. The molecule has 1 amide bonds. The summed E-state index contributed by atoms with van der Waals surface area (Å²) in [6, 6.07) is 8.66. The highest BCUT2D eigenvalue weighted by molar-refractivity contribution is 6.44. The molecule has 0 saturated carbocycles. The molecular formula is C16H15Cl2N3O2. The van der Waals surface area contributed by atoms with Crippen molar-refractivity contribution in [2.75, 3.05) is 36.5 Å². The zero-order chi connectivity index (χ0) is 16.2. The fourth-order valence-electron chi connectivity index (χ4n) is 2.29. The Bertz CT molecular complexity index is 701. The Kier molecular flexibility index (Phi) is 5.00. The van der Waals surface area contributed by atoms with Crippen molar-refractivity contribution in [1.29, 1.82) is 0 Å². The van der Waals surface area contributed by atoms with Gasteiger partial charge in [0.15, 0.2) is 0 Å². The second-order valence-electron chi connectivity index (χ2n) is 5.06. The van der Waals surface area contributed by atoms with Crippen LogP contribution in [-0.2, 0) is 4.74 Å². The van der Waals surface area contributed by atoms with E-state index < -0.39 is 0 Å². The average molecular weight is 352 g/mol. The van der Waals surface area contributed by atoms with Crippen molar-refractivity contribution >= 4 is 40.6 Å². The number of carbonyl (C=O) groups excluding carboxylic acids is 1. The fraction of sp³-hybridized carbons (Fsp3) is 0.250. The summed E-state index contributed by atoms with van der Waals surface area (Å²) in [5, 5.41) is 3.45. The Morgan fingerprint density at radius 3 is 2.65 bits per heavy atom. The second kappa shape index (κ2) is 7.17. The Morgan fingerprint density at radius 2 is 1.96 bits per heavy atom. The van der Waals surface area contributed by atoms with Crippen molar-refractivity contribution in [1.82, 2.24) is 4.98 Å². The number of halogens is 2. The number of pyridine rings is 1. The molecule has 0 spiro atoms. The molecule has 2 aromatic rings. The van der Waals surface area contributed by atoms with Crippen molar-refractivity contribution in [3.8, 4) is 0 Å². The Morgan fingerprint density at radius 1 is 1.17 bits per heavy atom. The SMILES string of the molecule is O=C(Nc1cccc(Cl)c1Cl)c1ccc(N2CCOCC2)nc1. The number of hydrogen-bond acceptors (Lipinski definition) is 4. The average Bonchev–Trinajstić information content (AvgIpc) is 2.60. The number of amides is 1. The van der Waals surface area contributed by atoms with E-state index in [2.05, 4.69) is 15.2 Å². The van der Waals surface area contributed by atoms with Crippen LogP contribution in [0.3, 0.4) is 0 Å². The van der Waals surface area contributed by atoms with Crippen LogP contribution in [0.15, 0.2) is 36.5 Å². The Balaban J connectivity index is 1.71. The van der Waals surface area contributed by atoms with Crippen LogP contribution in [0.5, 0.6) is 0 Å². The molecule has 1 saturated heterocycles. The zero-order valence-electron chi connectivity index (χ0n) is 12.3. The molecule has 1 aliphatic rings. The summed E-state index contributed by atoms with van der Waals surface area (Å²) in [7, 11) is 0. The maximum absolute atomic E-state index is 12.3. The number of carbonyl (C=O) groups is 1. The molecule has 0 unspecified atom stereocenters. The summed E-state index contributed by atoms with van der Waals surface area (Å²) in [6.45, 7) is 2.99. The molecule has 0 atom stereocenters. The van der Waals surface area contributed by atoms with Crippen LogP contribution in [0.1, 0.15) is 10.4 Å². The molecule has 1 aromatic carbocycles. The minimum absolute atomic E-state index is 0.282. The summed E-state index contributed by atoms with van der Waals surface area (Å²) in [5.74, 6) is 0.556. The zero-order valence-corrected chi connectivity index (χ0v) is 13.8. The molecule has 7 heteroatoms. The molecule has 120 valence electrons. The number of nitrogens with zero attached hydrogens (tertiary/aromatic N) is 2. The van der Waals surface area contributed by atoms with Gasteiger partial charge in [-0.15, -0.1) is 0 Å². The van der Waals surface area contributed by atoms with Gasteiger partial charge in [0.05, 0.1) is 34.5 Å². The Labute approximate surface area is 144 Å². The maximum Gasteiger partial charge on any atom is 0.257 e. The minimum Gasteiger partial charge on any atom is -0.378 e. The van der Waals surface area contributed by atoms with E-state index in [0.717, 1.165) is 18.9 Å². The minimum atomic E-state index is -0.282. The lowest BCUT2D eigenvalue weighted by Gasteiger charge is -2.27. The van der Waals surface area contributed by atoms with Gasteiger partial charge in [0.2, 0.25) is 0 Å². The van der Waals surface area contributed by atoms with Crippen LogP contribution in [0, 0.1) is 0 Å². The molecule has 23 heavy (non-hydrogen) atoms. The molecule has 2 heterocycles. The van der Waals surface area contributed by atoms with Gasteiger partial charge in [-0.25, -0.2) is 4.98 Å². The monoisotopic (exact) mass is 351 g/mol. The third-order valence-corrected chi connectivity index (χ3v) is 4.36. The Hall–Kier alpha value is -1.82. The van der Waals surface area contributed by atoms with Gasteiger partial charge in [-0.2, -0.15) is 0 Å². The number of morpholine rings is 1. The molecule has 1 fully saturated rings. The topological polar surface area (TPSA) is 54.5 Å². The number of anilines is 2. The van der Waals surface area contributed by atoms with Crippen LogP contribution in [0.2, 0.25) is 10.0 Å². The first-order valence-electron chi connectivity index (χ1n) is 7.19. The van der Waals surface area contributed by atoms with Gasteiger partial charge < -0.3 is 15.0 Å². The molecule has 0 aliphatic carbocycles. The lowest BCUT2D eigenvalue weighted by molar-refractivity contribution is 0.102. The van der Waals surface area contributed by atoms with E-state index in [1.54, 1.807) is 30.5 Å². The summed E-state index contributed by atoms with van der Waals surface area (Å²) in [5.41, 5.74) is 0.930.